The van der Waals surface area contributed by atoms with E-state index in [-0.39, 0.29) is 0 Å². The fraction of sp³-hybridized carbons (Fsp3) is 0.714. The highest BCUT2D eigenvalue weighted by molar-refractivity contribution is 5.90. The van der Waals surface area contributed by atoms with Crippen molar-refractivity contribution in [2.45, 2.75) is 24.7 Å². The van der Waals surface area contributed by atoms with Gasteiger partial charge in [-0.1, -0.05) is 0 Å². The van der Waals surface area contributed by atoms with Gasteiger partial charge in [0.05, 0.1) is 6.61 Å². The van der Waals surface area contributed by atoms with Crippen LogP contribution in [0.5, 0.6) is 0 Å². The molecule has 0 aromatic carbocycles. The largest absolute Gasteiger partial charge is 0.480 e. The average molecular weight is 244 g/mol. The van der Waals surface area contributed by atoms with Gasteiger partial charge in [-0.3, -0.25) is 4.79 Å². The maximum absolute atomic E-state index is 12.2. The summed E-state index contributed by atoms with van der Waals surface area (Å²) >= 11 is 0. The van der Waals surface area contributed by atoms with Gasteiger partial charge >= 0.3 is 12.1 Å². The summed E-state index contributed by atoms with van der Waals surface area (Å²) in [7, 11) is 0. The summed E-state index contributed by atoms with van der Waals surface area (Å²) in [5, 5.41) is 18.4. The van der Waals surface area contributed by atoms with Gasteiger partial charge in [-0.2, -0.15) is 13.2 Å². The second-order valence-electron chi connectivity index (χ2n) is 3.25. The standard InChI is InChI=1S/C7H11F3N2O4/c1-6(11,7(8,9)10)5(16)12-3(2-13)4(14)15/h3,13H,2,11H2,1H3,(H,12,16)(H,14,15). The molecule has 0 radical (unpaired) electrons. The first kappa shape index (κ1) is 14.6. The van der Waals surface area contributed by atoms with Crippen LogP contribution in [0.3, 0.4) is 0 Å². The van der Waals surface area contributed by atoms with Crippen molar-refractivity contribution >= 4 is 11.9 Å². The number of carboxylic acid groups (broad SMARTS) is 1. The zero-order chi connectivity index (χ0) is 13.1. The third-order valence-corrected chi connectivity index (χ3v) is 1.85. The SMILES string of the molecule is CC(N)(C(=O)NC(CO)C(=O)O)C(F)(F)F. The molecule has 0 heterocycles. The van der Waals surface area contributed by atoms with Crippen LogP contribution in [0.4, 0.5) is 13.2 Å². The Labute approximate surface area is 88.2 Å². The van der Waals surface area contributed by atoms with Crippen LogP contribution in [0, 0.1) is 0 Å². The molecule has 0 spiro atoms. The Morgan fingerprint density at radius 3 is 2.12 bits per heavy atom. The molecule has 0 rings (SSSR count). The van der Waals surface area contributed by atoms with Gasteiger partial charge in [0.15, 0.2) is 5.54 Å². The lowest BCUT2D eigenvalue weighted by atomic mass is 10.0. The van der Waals surface area contributed by atoms with Crippen LogP contribution < -0.4 is 11.1 Å². The molecule has 5 N–H and O–H groups in total. The van der Waals surface area contributed by atoms with Crippen molar-refractivity contribution in [2.24, 2.45) is 5.73 Å². The molecule has 2 unspecified atom stereocenters. The molecule has 0 fully saturated rings. The zero-order valence-electron chi connectivity index (χ0n) is 8.21. The molecule has 0 saturated carbocycles. The average Bonchev–Trinajstić information content (AvgIpc) is 2.11. The molecule has 0 aromatic heterocycles. The molecular formula is C7H11F3N2O4. The number of carbonyl (C=O) groups excluding carboxylic acids is 1. The monoisotopic (exact) mass is 244 g/mol. The number of hydrogen-bond donors (Lipinski definition) is 4. The molecule has 2 atom stereocenters. The van der Waals surface area contributed by atoms with Gasteiger partial charge in [-0.25, -0.2) is 4.79 Å². The van der Waals surface area contributed by atoms with Crippen LogP contribution in [0.2, 0.25) is 0 Å². The molecule has 0 aromatic rings. The molecule has 9 heteroatoms. The van der Waals surface area contributed by atoms with Crippen molar-refractivity contribution in [3.63, 3.8) is 0 Å². The topological polar surface area (TPSA) is 113 Å². The van der Waals surface area contributed by atoms with E-state index in [1.165, 1.54) is 5.32 Å². The second kappa shape index (κ2) is 4.66. The highest BCUT2D eigenvalue weighted by Gasteiger charge is 2.54. The van der Waals surface area contributed by atoms with E-state index in [9.17, 15) is 22.8 Å². The van der Waals surface area contributed by atoms with E-state index in [0.717, 1.165) is 0 Å². The Morgan fingerprint density at radius 2 is 1.88 bits per heavy atom. The van der Waals surface area contributed by atoms with Crippen LogP contribution in [0.15, 0.2) is 0 Å². The van der Waals surface area contributed by atoms with Gasteiger partial charge in [0.2, 0.25) is 5.91 Å². The molecule has 1 amide bonds. The fourth-order valence-electron chi connectivity index (χ4n) is 0.622. The number of aliphatic carboxylic acids is 1. The molecule has 0 aliphatic carbocycles. The number of halogens is 3. The van der Waals surface area contributed by atoms with Crippen molar-refractivity contribution in [1.29, 1.82) is 0 Å². The number of alkyl halides is 3. The van der Waals surface area contributed by atoms with Crippen molar-refractivity contribution in [1.82, 2.24) is 5.32 Å². The number of aliphatic hydroxyl groups excluding tert-OH is 1. The van der Waals surface area contributed by atoms with Gasteiger partial charge in [0.25, 0.3) is 0 Å². The molecule has 6 nitrogen and oxygen atoms in total. The van der Waals surface area contributed by atoms with Gasteiger partial charge in [-0.15, -0.1) is 0 Å². The summed E-state index contributed by atoms with van der Waals surface area (Å²) in [5.41, 5.74) is 1.52. The van der Waals surface area contributed by atoms with E-state index >= 15 is 0 Å². The molecule has 0 aliphatic rings. The number of aliphatic hydroxyl groups is 1. The Balaban J connectivity index is 4.76. The summed E-state index contributed by atoms with van der Waals surface area (Å²) in [6.45, 7) is -0.631. The Morgan fingerprint density at radius 1 is 1.44 bits per heavy atom. The van der Waals surface area contributed by atoms with Gasteiger partial charge < -0.3 is 21.3 Å². The summed E-state index contributed by atoms with van der Waals surface area (Å²) in [6, 6.07) is -1.82. The number of nitrogens with two attached hydrogens (primary N) is 1. The number of hydrogen-bond acceptors (Lipinski definition) is 4. The molecule has 0 saturated heterocycles. The van der Waals surface area contributed by atoms with E-state index in [1.54, 1.807) is 0 Å². The third-order valence-electron chi connectivity index (χ3n) is 1.85. The quantitative estimate of drug-likeness (QED) is 0.497. The lowest BCUT2D eigenvalue weighted by Crippen LogP contribution is -2.63. The van der Waals surface area contributed by atoms with Crippen molar-refractivity contribution in [2.75, 3.05) is 6.61 Å². The minimum Gasteiger partial charge on any atom is -0.480 e. The van der Waals surface area contributed by atoms with E-state index in [4.69, 9.17) is 15.9 Å². The van der Waals surface area contributed by atoms with E-state index in [2.05, 4.69) is 0 Å². The van der Waals surface area contributed by atoms with E-state index < -0.39 is 36.2 Å². The van der Waals surface area contributed by atoms with Crippen LogP contribution in [0.1, 0.15) is 6.92 Å². The third kappa shape index (κ3) is 3.07. The first-order valence-corrected chi connectivity index (χ1v) is 4.04. The lowest BCUT2D eigenvalue weighted by Gasteiger charge is -2.27. The van der Waals surface area contributed by atoms with E-state index in [1.807, 2.05) is 0 Å². The van der Waals surface area contributed by atoms with Crippen molar-refractivity contribution < 1.29 is 33.0 Å². The van der Waals surface area contributed by atoms with Crippen LogP contribution >= 0.6 is 0 Å². The molecule has 0 bridgehead atoms. The zero-order valence-corrected chi connectivity index (χ0v) is 8.21. The van der Waals surface area contributed by atoms with Gasteiger partial charge in [-0.05, 0) is 6.92 Å². The van der Waals surface area contributed by atoms with Crippen LogP contribution in [-0.4, -0.2) is 46.5 Å². The first-order valence-electron chi connectivity index (χ1n) is 4.04. The Bertz CT molecular complexity index is 290. The normalized spacial score (nSPS) is 17.4. The van der Waals surface area contributed by atoms with Crippen molar-refractivity contribution in [3.05, 3.63) is 0 Å². The van der Waals surface area contributed by atoms with E-state index in [0.29, 0.717) is 6.92 Å². The minimum absolute atomic E-state index is 0.401. The lowest BCUT2D eigenvalue weighted by molar-refractivity contribution is -0.188. The maximum atomic E-state index is 12.2. The minimum atomic E-state index is -5.02. The van der Waals surface area contributed by atoms with Crippen molar-refractivity contribution in [3.8, 4) is 0 Å². The second-order valence-corrected chi connectivity index (χ2v) is 3.25. The molecule has 0 aliphatic heterocycles. The number of carbonyl (C=O) groups is 2. The number of nitrogens with one attached hydrogen (secondary N) is 1. The number of carboxylic acids is 1. The highest BCUT2D eigenvalue weighted by Crippen LogP contribution is 2.27. The predicted molar refractivity (Wildman–Crippen MR) is 45.3 cm³/mol. The predicted octanol–water partition coefficient (Wildman–Crippen LogP) is -1.17. The summed E-state index contributed by atoms with van der Waals surface area (Å²) in [6.07, 6.45) is -5.02. The Kier molecular flexibility index (Phi) is 4.27. The molecular weight excluding hydrogens is 233 g/mol. The summed E-state index contributed by atoms with van der Waals surface area (Å²) in [4.78, 5) is 21.4. The number of amides is 1. The highest BCUT2D eigenvalue weighted by atomic mass is 19.4. The molecule has 16 heavy (non-hydrogen) atoms. The number of rotatable bonds is 4. The van der Waals surface area contributed by atoms with Gasteiger partial charge in [0, 0.05) is 0 Å². The summed E-state index contributed by atoms with van der Waals surface area (Å²) < 4.78 is 36.7. The maximum Gasteiger partial charge on any atom is 0.415 e. The van der Waals surface area contributed by atoms with Crippen LogP contribution in [-0.2, 0) is 9.59 Å². The summed E-state index contributed by atoms with van der Waals surface area (Å²) in [5.74, 6) is -3.38. The fourth-order valence-corrected chi connectivity index (χ4v) is 0.622. The van der Waals surface area contributed by atoms with Gasteiger partial charge in [0.1, 0.15) is 6.04 Å². The smallest absolute Gasteiger partial charge is 0.415 e. The van der Waals surface area contributed by atoms with Crippen LogP contribution in [0.25, 0.3) is 0 Å². The molecule has 94 valence electrons. The first-order chi connectivity index (χ1) is 7.04. The Hall–Kier alpha value is -1.35.